The molecule has 0 bridgehead atoms. The molecule has 0 unspecified atom stereocenters. The van der Waals surface area contributed by atoms with Crippen LogP contribution in [0.1, 0.15) is 24.0 Å². The topological polar surface area (TPSA) is 69.7 Å². The van der Waals surface area contributed by atoms with Crippen molar-refractivity contribution < 1.29 is 13.2 Å². The van der Waals surface area contributed by atoms with E-state index in [0.717, 1.165) is 25.9 Å². The first-order valence-electron chi connectivity index (χ1n) is 9.99. The normalized spacial score (nSPS) is 15.9. The van der Waals surface area contributed by atoms with Crippen LogP contribution >= 0.6 is 0 Å². The second-order valence-corrected chi connectivity index (χ2v) is 9.56. The summed E-state index contributed by atoms with van der Waals surface area (Å²) >= 11 is 0. The summed E-state index contributed by atoms with van der Waals surface area (Å²) in [5, 5.41) is 2.85. The van der Waals surface area contributed by atoms with E-state index < -0.39 is 10.0 Å². The Labute approximate surface area is 173 Å². The van der Waals surface area contributed by atoms with Crippen LogP contribution in [0.3, 0.4) is 0 Å². The molecule has 0 atom stereocenters. The van der Waals surface area contributed by atoms with Crippen LogP contribution in [0.25, 0.3) is 0 Å². The summed E-state index contributed by atoms with van der Waals surface area (Å²) in [5.74, 6) is -0.0632. The third-order valence-electron chi connectivity index (χ3n) is 5.23. The lowest BCUT2D eigenvalue weighted by molar-refractivity contribution is -0.116. The summed E-state index contributed by atoms with van der Waals surface area (Å²) in [6, 6.07) is 14.8. The number of aryl methyl sites for hydroxylation is 2. The number of hydrogen-bond donors (Lipinski definition) is 1. The molecule has 1 heterocycles. The lowest BCUT2D eigenvalue weighted by Gasteiger charge is -2.31. The molecular formula is C22H29N3O3S. The Hall–Kier alpha value is -2.22. The zero-order valence-electron chi connectivity index (χ0n) is 17.1. The highest BCUT2D eigenvalue weighted by Crippen LogP contribution is 2.20. The van der Waals surface area contributed by atoms with Crippen LogP contribution < -0.4 is 5.32 Å². The highest BCUT2D eigenvalue weighted by Gasteiger charge is 2.27. The van der Waals surface area contributed by atoms with Gasteiger partial charge in [-0.15, -0.1) is 0 Å². The van der Waals surface area contributed by atoms with Gasteiger partial charge < -0.3 is 10.2 Å². The number of benzene rings is 2. The van der Waals surface area contributed by atoms with Gasteiger partial charge in [-0.3, -0.25) is 4.79 Å². The maximum Gasteiger partial charge on any atom is 0.243 e. The molecule has 1 fully saturated rings. The molecule has 1 amide bonds. The van der Waals surface area contributed by atoms with Crippen molar-refractivity contribution in [3.63, 3.8) is 0 Å². The number of likely N-dealkylation sites (N-methyl/N-ethyl adjacent to an activating group) is 1. The summed E-state index contributed by atoms with van der Waals surface area (Å²) in [6.45, 7) is 4.52. The van der Waals surface area contributed by atoms with Gasteiger partial charge >= 0.3 is 0 Å². The standard InChI is InChI=1S/C22H29N3O3S/c1-18-6-8-19(9-7-18)4-3-5-22(26)23-20-10-12-21(13-11-20)29(27,28)25-16-14-24(2)15-17-25/h6-13H,3-5,14-17H2,1-2H3,(H,23,26). The van der Waals surface area contributed by atoms with Crippen LogP contribution in [-0.4, -0.2) is 56.8 Å². The summed E-state index contributed by atoms with van der Waals surface area (Å²) < 4.78 is 27.0. The second kappa shape index (κ2) is 9.52. The number of sulfonamides is 1. The van der Waals surface area contributed by atoms with Gasteiger partial charge in [0, 0.05) is 38.3 Å². The first-order chi connectivity index (χ1) is 13.8. The average molecular weight is 416 g/mol. The molecule has 1 aliphatic heterocycles. The molecule has 0 aliphatic carbocycles. The fourth-order valence-corrected chi connectivity index (χ4v) is 4.74. The van der Waals surface area contributed by atoms with Crippen molar-refractivity contribution in [3.05, 3.63) is 59.7 Å². The lowest BCUT2D eigenvalue weighted by atomic mass is 10.1. The smallest absolute Gasteiger partial charge is 0.243 e. The summed E-state index contributed by atoms with van der Waals surface area (Å²) in [4.78, 5) is 14.6. The molecule has 0 spiro atoms. The number of nitrogens with zero attached hydrogens (tertiary/aromatic N) is 2. The molecule has 2 aromatic rings. The minimum Gasteiger partial charge on any atom is -0.326 e. The number of rotatable bonds is 7. The summed E-state index contributed by atoms with van der Waals surface area (Å²) in [6.07, 6.45) is 2.05. The third kappa shape index (κ3) is 5.88. The second-order valence-electron chi connectivity index (χ2n) is 7.62. The van der Waals surface area contributed by atoms with E-state index in [2.05, 4.69) is 41.4 Å². The van der Waals surface area contributed by atoms with Crippen LogP contribution in [0.4, 0.5) is 5.69 Å². The van der Waals surface area contributed by atoms with E-state index in [1.807, 2.05) is 7.05 Å². The number of piperazine rings is 1. The molecule has 1 aliphatic rings. The van der Waals surface area contributed by atoms with Crippen molar-refractivity contribution in [2.24, 2.45) is 0 Å². The maximum atomic E-state index is 12.7. The van der Waals surface area contributed by atoms with E-state index in [-0.39, 0.29) is 10.8 Å². The van der Waals surface area contributed by atoms with Crippen molar-refractivity contribution >= 4 is 21.6 Å². The molecule has 0 aromatic heterocycles. The fraction of sp³-hybridized carbons (Fsp3) is 0.409. The predicted molar refractivity (Wildman–Crippen MR) is 115 cm³/mol. The van der Waals surface area contributed by atoms with Crippen LogP contribution in [0.2, 0.25) is 0 Å². The number of amides is 1. The highest BCUT2D eigenvalue weighted by molar-refractivity contribution is 7.89. The number of anilines is 1. The van der Waals surface area contributed by atoms with Gasteiger partial charge in [0.2, 0.25) is 15.9 Å². The van der Waals surface area contributed by atoms with E-state index in [9.17, 15) is 13.2 Å². The van der Waals surface area contributed by atoms with Crippen molar-refractivity contribution in [1.82, 2.24) is 9.21 Å². The van der Waals surface area contributed by atoms with Gasteiger partial charge in [-0.05, 0) is 56.6 Å². The van der Waals surface area contributed by atoms with Crippen LogP contribution in [0, 0.1) is 6.92 Å². The molecule has 1 N–H and O–H groups in total. The molecule has 3 rings (SSSR count). The molecular weight excluding hydrogens is 386 g/mol. The molecule has 1 saturated heterocycles. The van der Waals surface area contributed by atoms with Crippen molar-refractivity contribution in [2.75, 3.05) is 38.5 Å². The van der Waals surface area contributed by atoms with Crippen molar-refractivity contribution in [3.8, 4) is 0 Å². The van der Waals surface area contributed by atoms with Gasteiger partial charge in [-0.1, -0.05) is 29.8 Å². The highest BCUT2D eigenvalue weighted by atomic mass is 32.2. The van der Waals surface area contributed by atoms with E-state index in [1.165, 1.54) is 15.4 Å². The van der Waals surface area contributed by atoms with E-state index in [4.69, 9.17) is 0 Å². The average Bonchev–Trinajstić information content (AvgIpc) is 2.70. The fourth-order valence-electron chi connectivity index (χ4n) is 3.32. The molecule has 2 aromatic carbocycles. The van der Waals surface area contributed by atoms with Gasteiger partial charge in [0.05, 0.1) is 4.90 Å². The van der Waals surface area contributed by atoms with Crippen molar-refractivity contribution in [1.29, 1.82) is 0 Å². The van der Waals surface area contributed by atoms with Gasteiger partial charge in [0.1, 0.15) is 0 Å². The van der Waals surface area contributed by atoms with Gasteiger partial charge in [-0.25, -0.2) is 8.42 Å². The zero-order chi connectivity index (χ0) is 20.9. The summed E-state index contributed by atoms with van der Waals surface area (Å²) in [7, 11) is -1.50. The lowest BCUT2D eigenvalue weighted by Crippen LogP contribution is -2.46. The van der Waals surface area contributed by atoms with E-state index in [0.29, 0.717) is 25.2 Å². The molecule has 29 heavy (non-hydrogen) atoms. The monoisotopic (exact) mass is 415 g/mol. The van der Waals surface area contributed by atoms with E-state index >= 15 is 0 Å². The first kappa shape index (κ1) is 21.5. The summed E-state index contributed by atoms with van der Waals surface area (Å²) in [5.41, 5.74) is 3.06. The minimum atomic E-state index is -3.48. The molecule has 7 heteroatoms. The Balaban J connectivity index is 1.50. The van der Waals surface area contributed by atoms with Crippen molar-refractivity contribution in [2.45, 2.75) is 31.1 Å². The van der Waals surface area contributed by atoms with Gasteiger partial charge in [0.25, 0.3) is 0 Å². The van der Waals surface area contributed by atoms with Gasteiger partial charge in [-0.2, -0.15) is 4.31 Å². The predicted octanol–water partition coefficient (Wildman–Crippen LogP) is 2.89. The largest absolute Gasteiger partial charge is 0.326 e. The number of carbonyl (C=O) groups excluding carboxylic acids is 1. The Bertz CT molecular complexity index is 917. The van der Waals surface area contributed by atoms with Crippen LogP contribution in [-0.2, 0) is 21.2 Å². The Morgan fingerprint density at radius 3 is 2.21 bits per heavy atom. The van der Waals surface area contributed by atoms with Crippen LogP contribution in [0.15, 0.2) is 53.4 Å². The zero-order valence-corrected chi connectivity index (χ0v) is 17.9. The first-order valence-corrected chi connectivity index (χ1v) is 11.4. The Morgan fingerprint density at radius 1 is 0.966 bits per heavy atom. The number of carbonyl (C=O) groups is 1. The molecule has 0 saturated carbocycles. The maximum absolute atomic E-state index is 12.7. The molecule has 6 nitrogen and oxygen atoms in total. The third-order valence-corrected chi connectivity index (χ3v) is 7.14. The Kier molecular flexibility index (Phi) is 7.05. The van der Waals surface area contributed by atoms with Crippen LogP contribution in [0.5, 0.6) is 0 Å². The van der Waals surface area contributed by atoms with Gasteiger partial charge in [0.15, 0.2) is 0 Å². The molecule has 156 valence electrons. The number of hydrogen-bond acceptors (Lipinski definition) is 4. The quantitative estimate of drug-likeness (QED) is 0.755. The Morgan fingerprint density at radius 2 is 1.59 bits per heavy atom. The SMILES string of the molecule is Cc1ccc(CCCC(=O)Nc2ccc(S(=O)(=O)N3CCN(C)CC3)cc2)cc1. The minimum absolute atomic E-state index is 0.0632. The number of nitrogens with one attached hydrogen (secondary N) is 1. The molecule has 0 radical (unpaired) electrons. The van der Waals surface area contributed by atoms with E-state index in [1.54, 1.807) is 24.3 Å².